The Morgan fingerprint density at radius 2 is 1.69 bits per heavy atom. The Balaban J connectivity index is 1.53. The predicted octanol–water partition coefficient (Wildman–Crippen LogP) is 3.41. The van der Waals surface area contributed by atoms with Crippen LogP contribution in [-0.2, 0) is 17.9 Å². The topological polar surface area (TPSA) is 95.2 Å². The first-order valence-electron chi connectivity index (χ1n) is 11.0. The summed E-state index contributed by atoms with van der Waals surface area (Å²) < 4.78 is 7.56. The molecule has 2 aromatic heterocycles. The first kappa shape index (κ1) is 22.1. The number of amides is 1. The zero-order valence-corrected chi connectivity index (χ0v) is 19.0. The summed E-state index contributed by atoms with van der Waals surface area (Å²) in [5, 5.41) is 4.79. The van der Waals surface area contributed by atoms with Crippen molar-refractivity contribution in [3.8, 4) is 5.75 Å². The monoisotopic (exact) mass is 466 g/mol. The maximum absolute atomic E-state index is 13.4. The quantitative estimate of drug-likeness (QED) is 0.414. The fourth-order valence-electron chi connectivity index (χ4n) is 4.12. The van der Waals surface area contributed by atoms with Crippen molar-refractivity contribution in [1.82, 2.24) is 14.1 Å². The molecule has 5 rings (SSSR count). The molecule has 8 nitrogen and oxygen atoms in total. The van der Waals surface area contributed by atoms with Crippen LogP contribution in [0.4, 0.5) is 5.69 Å². The van der Waals surface area contributed by atoms with Gasteiger partial charge in [-0.2, -0.15) is 0 Å². The second-order valence-electron chi connectivity index (χ2n) is 8.05. The zero-order chi connectivity index (χ0) is 24.4. The van der Waals surface area contributed by atoms with Crippen molar-refractivity contribution in [1.29, 1.82) is 0 Å². The van der Waals surface area contributed by atoms with Gasteiger partial charge in [0.05, 0.1) is 19.2 Å². The fraction of sp³-hybridized carbons (Fsp3) is 0.111. The number of ether oxygens (including phenoxy) is 1. The van der Waals surface area contributed by atoms with Gasteiger partial charge in [-0.1, -0.05) is 48.5 Å². The second kappa shape index (κ2) is 9.26. The van der Waals surface area contributed by atoms with E-state index in [1.165, 1.54) is 10.8 Å². The molecule has 1 N–H and O–H groups in total. The number of methoxy groups -OCH3 is 1. The molecule has 8 heteroatoms. The van der Waals surface area contributed by atoms with Crippen molar-refractivity contribution in [2.24, 2.45) is 0 Å². The van der Waals surface area contributed by atoms with Crippen LogP contribution >= 0.6 is 0 Å². The maximum Gasteiger partial charge on any atom is 0.332 e. The molecule has 0 spiro atoms. The van der Waals surface area contributed by atoms with E-state index in [1.807, 2.05) is 42.5 Å². The third-order valence-electron chi connectivity index (χ3n) is 5.85. The standard InChI is InChI=1S/C27H22N4O4/c1-35-20-13-11-18(12-14-20)16-31-26(33)25-23(10-5-15-28-25)30(27(31)34)17-24(32)29-22-9-4-7-19-6-2-3-8-21(19)22/h2-15H,16-17H2,1H3,(H,29,32). The van der Waals surface area contributed by atoms with Crippen molar-refractivity contribution in [2.45, 2.75) is 13.1 Å². The molecule has 0 fully saturated rings. The van der Waals surface area contributed by atoms with Gasteiger partial charge in [-0.25, -0.2) is 9.78 Å². The SMILES string of the molecule is COc1ccc(Cn2c(=O)c3ncccc3n(CC(=O)Nc3cccc4ccccc34)c2=O)cc1. The van der Waals surface area contributed by atoms with Gasteiger partial charge in [-0.15, -0.1) is 0 Å². The van der Waals surface area contributed by atoms with E-state index in [0.29, 0.717) is 17.0 Å². The molecule has 5 aromatic rings. The van der Waals surface area contributed by atoms with E-state index in [9.17, 15) is 14.4 Å². The molecule has 0 saturated carbocycles. The second-order valence-corrected chi connectivity index (χ2v) is 8.05. The summed E-state index contributed by atoms with van der Waals surface area (Å²) in [7, 11) is 1.57. The van der Waals surface area contributed by atoms with Crippen LogP contribution in [0.25, 0.3) is 21.8 Å². The molecule has 1 amide bonds. The number of pyridine rings is 1. The highest BCUT2D eigenvalue weighted by Gasteiger charge is 2.17. The Hall–Kier alpha value is -4.72. The van der Waals surface area contributed by atoms with E-state index in [0.717, 1.165) is 20.9 Å². The third kappa shape index (κ3) is 4.29. The van der Waals surface area contributed by atoms with Gasteiger partial charge in [0.15, 0.2) is 5.52 Å². The number of rotatable bonds is 6. The van der Waals surface area contributed by atoms with E-state index in [2.05, 4.69) is 10.3 Å². The van der Waals surface area contributed by atoms with Crippen LogP contribution in [0.3, 0.4) is 0 Å². The Labute approximate surface area is 200 Å². The van der Waals surface area contributed by atoms with Gasteiger partial charge in [0.1, 0.15) is 12.3 Å². The van der Waals surface area contributed by atoms with Crippen LogP contribution in [-0.4, -0.2) is 27.1 Å². The molecular weight excluding hydrogens is 444 g/mol. The summed E-state index contributed by atoms with van der Waals surface area (Å²) in [6.07, 6.45) is 1.49. The van der Waals surface area contributed by atoms with Gasteiger partial charge in [-0.3, -0.25) is 18.7 Å². The first-order valence-corrected chi connectivity index (χ1v) is 11.0. The highest BCUT2D eigenvalue weighted by Crippen LogP contribution is 2.23. The number of hydrogen-bond donors (Lipinski definition) is 1. The smallest absolute Gasteiger partial charge is 0.332 e. The number of nitrogens with zero attached hydrogens (tertiary/aromatic N) is 3. The van der Waals surface area contributed by atoms with Crippen molar-refractivity contribution in [3.05, 3.63) is 111 Å². The van der Waals surface area contributed by atoms with Crippen LogP contribution in [0.2, 0.25) is 0 Å². The van der Waals surface area contributed by atoms with Crippen LogP contribution in [0.15, 0.2) is 94.6 Å². The molecule has 0 aliphatic heterocycles. The summed E-state index contributed by atoms with van der Waals surface area (Å²) in [4.78, 5) is 43.8. The van der Waals surface area contributed by atoms with Crippen molar-refractivity contribution < 1.29 is 9.53 Å². The lowest BCUT2D eigenvalue weighted by molar-refractivity contribution is -0.116. The lowest BCUT2D eigenvalue weighted by atomic mass is 10.1. The molecule has 0 radical (unpaired) electrons. The summed E-state index contributed by atoms with van der Waals surface area (Å²) in [5.74, 6) is 0.284. The number of carbonyl (C=O) groups excluding carboxylic acids is 1. The molecule has 0 atom stereocenters. The van der Waals surface area contributed by atoms with E-state index in [1.54, 1.807) is 43.5 Å². The highest BCUT2D eigenvalue weighted by atomic mass is 16.5. The number of benzene rings is 3. The first-order chi connectivity index (χ1) is 17.0. The summed E-state index contributed by atoms with van der Waals surface area (Å²) in [6.45, 7) is -0.230. The van der Waals surface area contributed by atoms with Crippen molar-refractivity contribution in [2.75, 3.05) is 12.4 Å². The van der Waals surface area contributed by atoms with Gasteiger partial charge in [0.25, 0.3) is 5.56 Å². The number of nitrogens with one attached hydrogen (secondary N) is 1. The number of aromatic nitrogens is 3. The molecule has 0 unspecified atom stereocenters. The van der Waals surface area contributed by atoms with Crippen molar-refractivity contribution >= 4 is 33.4 Å². The van der Waals surface area contributed by atoms with E-state index >= 15 is 0 Å². The van der Waals surface area contributed by atoms with Gasteiger partial charge in [0.2, 0.25) is 5.91 Å². The minimum atomic E-state index is -0.584. The molecule has 0 bridgehead atoms. The molecule has 35 heavy (non-hydrogen) atoms. The Morgan fingerprint density at radius 1 is 0.914 bits per heavy atom. The van der Waals surface area contributed by atoms with Crippen LogP contribution < -0.4 is 21.3 Å². The number of carbonyl (C=O) groups is 1. The van der Waals surface area contributed by atoms with Gasteiger partial charge in [-0.05, 0) is 41.3 Å². The van der Waals surface area contributed by atoms with E-state index < -0.39 is 11.2 Å². The average Bonchev–Trinajstić information content (AvgIpc) is 2.89. The minimum absolute atomic E-state index is 0.0408. The number of anilines is 1. The van der Waals surface area contributed by atoms with E-state index in [4.69, 9.17) is 4.74 Å². The summed E-state index contributed by atoms with van der Waals surface area (Å²) >= 11 is 0. The molecule has 2 heterocycles. The molecule has 0 aliphatic rings. The zero-order valence-electron chi connectivity index (χ0n) is 19.0. The minimum Gasteiger partial charge on any atom is -0.497 e. The Bertz CT molecular complexity index is 1660. The lowest BCUT2D eigenvalue weighted by Gasteiger charge is -2.14. The summed E-state index contributed by atoms with van der Waals surface area (Å²) in [5.41, 5.74) is 0.730. The maximum atomic E-state index is 13.4. The van der Waals surface area contributed by atoms with Gasteiger partial charge in [0, 0.05) is 17.3 Å². The summed E-state index contributed by atoms with van der Waals surface area (Å²) in [6, 6.07) is 23.7. The Kier molecular flexibility index (Phi) is 5.85. The van der Waals surface area contributed by atoms with Crippen molar-refractivity contribution in [3.63, 3.8) is 0 Å². The lowest BCUT2D eigenvalue weighted by Crippen LogP contribution is -2.42. The van der Waals surface area contributed by atoms with Crippen LogP contribution in [0, 0.1) is 0 Å². The van der Waals surface area contributed by atoms with Gasteiger partial charge >= 0.3 is 5.69 Å². The number of fused-ring (bicyclic) bond motifs is 2. The molecule has 174 valence electrons. The third-order valence-corrected chi connectivity index (χ3v) is 5.85. The molecule has 0 aliphatic carbocycles. The number of hydrogen-bond acceptors (Lipinski definition) is 5. The van der Waals surface area contributed by atoms with Gasteiger partial charge < -0.3 is 10.1 Å². The highest BCUT2D eigenvalue weighted by molar-refractivity contribution is 6.02. The average molecular weight is 466 g/mol. The van der Waals surface area contributed by atoms with E-state index in [-0.39, 0.29) is 24.5 Å². The molecule has 0 saturated heterocycles. The van der Waals surface area contributed by atoms with Crippen LogP contribution in [0.1, 0.15) is 5.56 Å². The predicted molar refractivity (Wildman–Crippen MR) is 135 cm³/mol. The molecular formula is C27H22N4O4. The molecule has 3 aromatic carbocycles. The van der Waals surface area contributed by atoms with Crippen LogP contribution in [0.5, 0.6) is 5.75 Å². The Morgan fingerprint density at radius 3 is 2.49 bits per heavy atom. The largest absolute Gasteiger partial charge is 0.497 e. The normalized spacial score (nSPS) is 11.0. The fourth-order valence-corrected chi connectivity index (χ4v) is 4.12.